The van der Waals surface area contributed by atoms with E-state index in [0.29, 0.717) is 0 Å². The second kappa shape index (κ2) is 6.68. The van der Waals surface area contributed by atoms with Gasteiger partial charge in [0.2, 0.25) is 0 Å². The lowest BCUT2D eigenvalue weighted by Crippen LogP contribution is -2.26. The summed E-state index contributed by atoms with van der Waals surface area (Å²) < 4.78 is 4.65. The van der Waals surface area contributed by atoms with Crippen LogP contribution >= 0.6 is 11.3 Å². The van der Waals surface area contributed by atoms with Gasteiger partial charge < -0.3 is 4.74 Å². The van der Waals surface area contributed by atoms with Gasteiger partial charge in [0.15, 0.2) is 0 Å². The Hall–Kier alpha value is -1.65. The highest BCUT2D eigenvalue weighted by Crippen LogP contribution is 2.32. The number of rotatable bonds is 5. The first kappa shape index (κ1) is 14.8. The third-order valence-electron chi connectivity index (χ3n) is 3.23. The fourth-order valence-corrected chi connectivity index (χ4v) is 2.98. The van der Waals surface area contributed by atoms with Crippen molar-refractivity contribution in [2.75, 3.05) is 13.7 Å². The van der Waals surface area contributed by atoms with Crippen LogP contribution in [0, 0.1) is 6.92 Å². The van der Waals surface area contributed by atoms with Gasteiger partial charge in [-0.25, -0.2) is 0 Å². The molecule has 0 radical (unpaired) electrons. The van der Waals surface area contributed by atoms with Crippen molar-refractivity contribution in [2.24, 2.45) is 0 Å². The van der Waals surface area contributed by atoms with Crippen LogP contribution in [0.3, 0.4) is 0 Å². The molecule has 0 amide bonds. The Morgan fingerprint density at radius 2 is 2.00 bits per heavy atom. The predicted molar refractivity (Wildman–Crippen MR) is 82.9 cm³/mol. The first-order chi connectivity index (χ1) is 9.61. The van der Waals surface area contributed by atoms with Crippen LogP contribution in [0.1, 0.15) is 23.4 Å². The van der Waals surface area contributed by atoms with Gasteiger partial charge in [0.05, 0.1) is 13.7 Å². The molecule has 0 aliphatic rings. The molecule has 3 nitrogen and oxygen atoms in total. The molecule has 1 heterocycles. The highest BCUT2D eigenvalue weighted by molar-refractivity contribution is 7.10. The number of hydrogen-bond acceptors (Lipinski definition) is 4. The summed E-state index contributed by atoms with van der Waals surface area (Å²) in [5.74, 6) is -0.245. The van der Waals surface area contributed by atoms with Gasteiger partial charge in [0, 0.05) is 10.9 Å². The Morgan fingerprint density at radius 1 is 1.30 bits per heavy atom. The number of carbonyl (C=O) groups excluding carboxylic acids is 1. The van der Waals surface area contributed by atoms with Crippen LogP contribution < -0.4 is 5.32 Å². The third kappa shape index (κ3) is 3.46. The van der Waals surface area contributed by atoms with E-state index in [2.05, 4.69) is 59.6 Å². The topological polar surface area (TPSA) is 38.3 Å². The minimum absolute atomic E-state index is 0.116. The average Bonchev–Trinajstić information content (AvgIpc) is 2.94. The van der Waals surface area contributed by atoms with Crippen molar-refractivity contribution in [3.05, 3.63) is 46.2 Å². The molecule has 0 saturated carbocycles. The maximum Gasteiger partial charge on any atom is 0.319 e. The molecule has 0 spiro atoms. The SMILES string of the molecule is COC(=O)CNC(C)c1sccc1-c1ccc(C)cc1. The summed E-state index contributed by atoms with van der Waals surface area (Å²) in [5.41, 5.74) is 3.68. The van der Waals surface area contributed by atoms with E-state index in [1.54, 1.807) is 11.3 Å². The summed E-state index contributed by atoms with van der Waals surface area (Å²) in [6, 6.07) is 10.7. The van der Waals surface area contributed by atoms with Crippen LogP contribution in [-0.2, 0) is 9.53 Å². The minimum atomic E-state index is -0.245. The van der Waals surface area contributed by atoms with E-state index in [1.807, 2.05) is 0 Å². The summed E-state index contributed by atoms with van der Waals surface area (Å²) >= 11 is 1.70. The number of aryl methyl sites for hydroxylation is 1. The van der Waals surface area contributed by atoms with E-state index in [4.69, 9.17) is 0 Å². The molecule has 1 unspecified atom stereocenters. The highest BCUT2D eigenvalue weighted by Gasteiger charge is 2.14. The summed E-state index contributed by atoms with van der Waals surface area (Å²) in [4.78, 5) is 12.4. The van der Waals surface area contributed by atoms with Crippen molar-refractivity contribution >= 4 is 17.3 Å². The number of carbonyl (C=O) groups is 1. The molecule has 2 aromatic rings. The lowest BCUT2D eigenvalue weighted by molar-refractivity contribution is -0.139. The van der Waals surface area contributed by atoms with Gasteiger partial charge in [-0.1, -0.05) is 29.8 Å². The second-order valence-electron chi connectivity index (χ2n) is 4.74. The molecule has 1 atom stereocenters. The molecule has 0 bridgehead atoms. The summed E-state index contributed by atoms with van der Waals surface area (Å²) in [6.07, 6.45) is 0. The number of esters is 1. The van der Waals surface area contributed by atoms with E-state index in [-0.39, 0.29) is 18.6 Å². The molecule has 1 aromatic carbocycles. The lowest BCUT2D eigenvalue weighted by atomic mass is 10.0. The largest absolute Gasteiger partial charge is 0.468 e. The van der Waals surface area contributed by atoms with E-state index >= 15 is 0 Å². The quantitative estimate of drug-likeness (QED) is 0.856. The average molecular weight is 289 g/mol. The van der Waals surface area contributed by atoms with Gasteiger partial charge in [-0.3, -0.25) is 10.1 Å². The van der Waals surface area contributed by atoms with Gasteiger partial charge in [-0.05, 0) is 36.4 Å². The Labute approximate surface area is 123 Å². The van der Waals surface area contributed by atoms with Crippen LogP contribution in [0.2, 0.25) is 0 Å². The Kier molecular flexibility index (Phi) is 4.93. The maximum atomic E-state index is 11.2. The number of ether oxygens (including phenoxy) is 1. The number of thiophene rings is 1. The van der Waals surface area contributed by atoms with Gasteiger partial charge in [-0.15, -0.1) is 11.3 Å². The molecule has 1 aromatic heterocycles. The maximum absolute atomic E-state index is 11.2. The second-order valence-corrected chi connectivity index (χ2v) is 5.69. The van der Waals surface area contributed by atoms with E-state index in [9.17, 15) is 4.79 Å². The van der Waals surface area contributed by atoms with Crippen LogP contribution in [0.25, 0.3) is 11.1 Å². The molecular formula is C16H19NO2S. The van der Waals surface area contributed by atoms with E-state index in [0.717, 1.165) is 0 Å². The van der Waals surface area contributed by atoms with Crippen LogP contribution in [0.4, 0.5) is 0 Å². The number of benzene rings is 1. The summed E-state index contributed by atoms with van der Waals surface area (Å²) in [6.45, 7) is 4.37. The first-order valence-electron chi connectivity index (χ1n) is 6.56. The molecule has 0 saturated heterocycles. The molecular weight excluding hydrogens is 270 g/mol. The van der Waals surface area contributed by atoms with Crippen LogP contribution in [0.15, 0.2) is 35.7 Å². The van der Waals surface area contributed by atoms with Gasteiger partial charge in [0.1, 0.15) is 0 Å². The number of nitrogens with one attached hydrogen (secondary N) is 1. The molecule has 1 N–H and O–H groups in total. The molecule has 0 fully saturated rings. The molecule has 4 heteroatoms. The Bertz CT molecular complexity index is 574. The normalized spacial score (nSPS) is 12.2. The number of methoxy groups -OCH3 is 1. The van der Waals surface area contributed by atoms with Gasteiger partial charge >= 0.3 is 5.97 Å². The van der Waals surface area contributed by atoms with Crippen molar-refractivity contribution < 1.29 is 9.53 Å². The fourth-order valence-electron chi connectivity index (χ4n) is 2.03. The Morgan fingerprint density at radius 3 is 2.65 bits per heavy atom. The Balaban J connectivity index is 2.15. The first-order valence-corrected chi connectivity index (χ1v) is 7.44. The predicted octanol–water partition coefficient (Wildman–Crippen LogP) is 3.55. The lowest BCUT2D eigenvalue weighted by Gasteiger charge is -2.14. The minimum Gasteiger partial charge on any atom is -0.468 e. The highest BCUT2D eigenvalue weighted by atomic mass is 32.1. The molecule has 106 valence electrons. The zero-order valence-corrected chi connectivity index (χ0v) is 12.8. The van der Waals surface area contributed by atoms with Gasteiger partial charge in [-0.2, -0.15) is 0 Å². The summed E-state index contributed by atoms with van der Waals surface area (Å²) in [5, 5.41) is 5.28. The smallest absolute Gasteiger partial charge is 0.319 e. The van der Waals surface area contributed by atoms with E-state index in [1.165, 1.54) is 28.7 Å². The zero-order valence-electron chi connectivity index (χ0n) is 12.0. The van der Waals surface area contributed by atoms with E-state index < -0.39 is 0 Å². The van der Waals surface area contributed by atoms with Crippen LogP contribution in [0.5, 0.6) is 0 Å². The monoisotopic (exact) mass is 289 g/mol. The molecule has 0 aliphatic heterocycles. The van der Waals surface area contributed by atoms with Crippen molar-refractivity contribution in [3.8, 4) is 11.1 Å². The molecule has 0 aliphatic carbocycles. The number of hydrogen-bond donors (Lipinski definition) is 1. The van der Waals surface area contributed by atoms with Crippen LogP contribution in [-0.4, -0.2) is 19.6 Å². The van der Waals surface area contributed by atoms with Crippen molar-refractivity contribution in [2.45, 2.75) is 19.9 Å². The fraction of sp³-hybridized carbons (Fsp3) is 0.312. The third-order valence-corrected chi connectivity index (χ3v) is 4.33. The van der Waals surface area contributed by atoms with Gasteiger partial charge in [0.25, 0.3) is 0 Å². The summed E-state index contributed by atoms with van der Waals surface area (Å²) in [7, 11) is 1.40. The van der Waals surface area contributed by atoms with Crippen molar-refractivity contribution in [1.82, 2.24) is 5.32 Å². The molecule has 20 heavy (non-hydrogen) atoms. The molecule has 2 rings (SSSR count). The standard InChI is InChI=1S/C16H19NO2S/c1-11-4-6-13(7-5-11)14-8-9-20-16(14)12(2)17-10-15(18)19-3/h4-9,12,17H,10H2,1-3H3. The van der Waals surface area contributed by atoms with Crippen molar-refractivity contribution in [1.29, 1.82) is 0 Å². The zero-order chi connectivity index (χ0) is 14.5. The van der Waals surface area contributed by atoms with Crippen molar-refractivity contribution in [3.63, 3.8) is 0 Å².